The van der Waals surface area contributed by atoms with Crippen LogP contribution in [0.1, 0.15) is 5.69 Å². The standard InChI is InChI=1S/C14H12N2O2/c1-17-11-2-3-12-10(6-11)4-5-16-13(12)14(7-15)8-18-9-14/h2-6H,8-9H2,1H3. The number of hydrogen-bond acceptors (Lipinski definition) is 4. The predicted molar refractivity (Wildman–Crippen MR) is 66.4 cm³/mol. The fraction of sp³-hybridized carbons (Fsp3) is 0.286. The van der Waals surface area contributed by atoms with Gasteiger partial charge in [0.25, 0.3) is 0 Å². The molecule has 1 fully saturated rings. The zero-order valence-electron chi connectivity index (χ0n) is 10.0. The Kier molecular flexibility index (Phi) is 2.42. The Balaban J connectivity index is 2.22. The van der Waals surface area contributed by atoms with Gasteiger partial charge in [-0.25, -0.2) is 0 Å². The van der Waals surface area contributed by atoms with Gasteiger partial charge in [0.05, 0.1) is 32.1 Å². The van der Waals surface area contributed by atoms with Gasteiger partial charge in [-0.1, -0.05) is 0 Å². The molecule has 0 spiro atoms. The summed E-state index contributed by atoms with van der Waals surface area (Å²) in [6.45, 7) is 0.837. The largest absolute Gasteiger partial charge is 0.497 e. The van der Waals surface area contributed by atoms with E-state index in [1.165, 1.54) is 0 Å². The van der Waals surface area contributed by atoms with Crippen LogP contribution in [0.25, 0.3) is 10.8 Å². The Morgan fingerprint density at radius 2 is 2.22 bits per heavy atom. The molecule has 1 aliphatic heterocycles. The zero-order valence-corrected chi connectivity index (χ0v) is 10.0. The summed E-state index contributed by atoms with van der Waals surface area (Å²) in [5.41, 5.74) is 0.213. The minimum absolute atomic E-state index is 0.418. The number of fused-ring (bicyclic) bond motifs is 1. The Labute approximate surface area is 105 Å². The molecular weight excluding hydrogens is 228 g/mol. The average Bonchev–Trinajstić information content (AvgIpc) is 2.37. The summed E-state index contributed by atoms with van der Waals surface area (Å²) in [6, 6.07) is 10.0. The molecule has 0 unspecified atom stereocenters. The molecule has 2 aromatic rings. The summed E-state index contributed by atoms with van der Waals surface area (Å²) in [5.74, 6) is 0.801. The number of ether oxygens (including phenoxy) is 2. The maximum Gasteiger partial charge on any atom is 0.146 e. The first-order valence-corrected chi connectivity index (χ1v) is 5.71. The van der Waals surface area contributed by atoms with E-state index in [-0.39, 0.29) is 0 Å². The van der Waals surface area contributed by atoms with Crippen molar-refractivity contribution in [2.24, 2.45) is 0 Å². The zero-order chi connectivity index (χ0) is 12.6. The second-order valence-corrected chi connectivity index (χ2v) is 4.43. The molecule has 3 rings (SSSR count). The van der Waals surface area contributed by atoms with Crippen molar-refractivity contribution in [3.05, 3.63) is 36.2 Å². The number of benzene rings is 1. The number of methoxy groups -OCH3 is 1. The summed E-state index contributed by atoms with van der Waals surface area (Å²) in [7, 11) is 1.64. The van der Waals surface area contributed by atoms with Crippen molar-refractivity contribution in [2.45, 2.75) is 5.41 Å². The van der Waals surface area contributed by atoms with Crippen LogP contribution >= 0.6 is 0 Å². The quantitative estimate of drug-likeness (QED) is 0.806. The van der Waals surface area contributed by atoms with Crippen molar-refractivity contribution < 1.29 is 9.47 Å². The van der Waals surface area contributed by atoms with E-state index in [1.807, 2.05) is 24.3 Å². The smallest absolute Gasteiger partial charge is 0.146 e. The molecule has 0 bridgehead atoms. The Morgan fingerprint density at radius 1 is 1.39 bits per heavy atom. The molecule has 4 heteroatoms. The van der Waals surface area contributed by atoms with Gasteiger partial charge in [0.1, 0.15) is 11.2 Å². The van der Waals surface area contributed by atoms with Crippen LogP contribution in [0.15, 0.2) is 30.5 Å². The van der Waals surface area contributed by atoms with Crippen LogP contribution in [0, 0.1) is 11.3 Å². The third-order valence-electron chi connectivity index (χ3n) is 3.34. The van der Waals surface area contributed by atoms with Crippen LogP contribution < -0.4 is 4.74 Å². The summed E-state index contributed by atoms with van der Waals surface area (Å²) >= 11 is 0. The number of rotatable bonds is 2. The molecule has 90 valence electrons. The van der Waals surface area contributed by atoms with E-state index < -0.39 is 5.41 Å². The number of nitriles is 1. The first-order chi connectivity index (χ1) is 8.79. The molecule has 1 aromatic carbocycles. The van der Waals surface area contributed by atoms with Gasteiger partial charge in [0.15, 0.2) is 0 Å². The van der Waals surface area contributed by atoms with Gasteiger partial charge in [-0.15, -0.1) is 0 Å². The molecular formula is C14H12N2O2. The fourth-order valence-electron chi connectivity index (χ4n) is 2.22. The summed E-state index contributed by atoms with van der Waals surface area (Å²) in [4.78, 5) is 4.38. The molecule has 0 atom stereocenters. The van der Waals surface area contributed by atoms with E-state index in [2.05, 4.69) is 11.1 Å². The average molecular weight is 240 g/mol. The molecule has 0 radical (unpaired) electrons. The molecule has 2 heterocycles. The molecule has 4 nitrogen and oxygen atoms in total. The molecule has 18 heavy (non-hydrogen) atoms. The predicted octanol–water partition coefficient (Wildman–Crippen LogP) is 2.03. The maximum atomic E-state index is 9.36. The molecule has 0 amide bonds. The molecule has 0 N–H and O–H groups in total. The van der Waals surface area contributed by atoms with Crippen LogP contribution in [0.4, 0.5) is 0 Å². The van der Waals surface area contributed by atoms with Crippen molar-refractivity contribution in [1.29, 1.82) is 5.26 Å². The second kappa shape index (κ2) is 3.97. The minimum atomic E-state index is -0.589. The van der Waals surface area contributed by atoms with Gasteiger partial charge in [0, 0.05) is 11.6 Å². The number of hydrogen-bond donors (Lipinski definition) is 0. The van der Waals surface area contributed by atoms with Crippen molar-refractivity contribution in [1.82, 2.24) is 4.98 Å². The Morgan fingerprint density at radius 3 is 2.83 bits per heavy atom. The van der Waals surface area contributed by atoms with Crippen LogP contribution in [-0.2, 0) is 10.2 Å². The van der Waals surface area contributed by atoms with Crippen LogP contribution in [0.2, 0.25) is 0 Å². The molecule has 0 aliphatic carbocycles. The maximum absolute atomic E-state index is 9.36. The third kappa shape index (κ3) is 1.45. The monoisotopic (exact) mass is 240 g/mol. The summed E-state index contributed by atoms with van der Waals surface area (Å²) in [5, 5.41) is 11.4. The van der Waals surface area contributed by atoms with Gasteiger partial charge in [-0.2, -0.15) is 5.26 Å². The van der Waals surface area contributed by atoms with Crippen molar-refractivity contribution >= 4 is 10.8 Å². The van der Waals surface area contributed by atoms with Crippen LogP contribution in [-0.4, -0.2) is 25.3 Å². The number of aromatic nitrogens is 1. The number of nitrogens with zero attached hydrogens (tertiary/aromatic N) is 2. The topological polar surface area (TPSA) is 55.1 Å². The van der Waals surface area contributed by atoms with Gasteiger partial charge in [-0.05, 0) is 29.7 Å². The highest BCUT2D eigenvalue weighted by Gasteiger charge is 2.43. The minimum Gasteiger partial charge on any atom is -0.497 e. The molecule has 1 aliphatic rings. The summed E-state index contributed by atoms with van der Waals surface area (Å²) in [6.07, 6.45) is 1.73. The lowest BCUT2D eigenvalue weighted by Crippen LogP contribution is -2.46. The van der Waals surface area contributed by atoms with Crippen LogP contribution in [0.5, 0.6) is 5.75 Å². The van der Waals surface area contributed by atoms with E-state index in [9.17, 15) is 5.26 Å². The first kappa shape index (κ1) is 11.0. The van der Waals surface area contributed by atoms with Crippen molar-refractivity contribution in [3.63, 3.8) is 0 Å². The number of pyridine rings is 1. The Hall–Kier alpha value is -2.12. The van der Waals surface area contributed by atoms with E-state index in [1.54, 1.807) is 13.3 Å². The second-order valence-electron chi connectivity index (χ2n) is 4.43. The van der Waals surface area contributed by atoms with E-state index in [0.717, 1.165) is 22.2 Å². The van der Waals surface area contributed by atoms with Crippen molar-refractivity contribution in [3.8, 4) is 11.8 Å². The van der Waals surface area contributed by atoms with E-state index in [4.69, 9.17) is 9.47 Å². The molecule has 1 aromatic heterocycles. The van der Waals surface area contributed by atoms with Gasteiger partial charge < -0.3 is 9.47 Å². The summed E-state index contributed by atoms with van der Waals surface area (Å²) < 4.78 is 10.4. The SMILES string of the molecule is COc1ccc2c(C3(C#N)COC3)nccc2c1. The Bertz CT molecular complexity index is 642. The third-order valence-corrected chi connectivity index (χ3v) is 3.34. The van der Waals surface area contributed by atoms with E-state index >= 15 is 0 Å². The van der Waals surface area contributed by atoms with Gasteiger partial charge in [-0.3, -0.25) is 4.98 Å². The highest BCUT2D eigenvalue weighted by molar-refractivity contribution is 5.87. The highest BCUT2D eigenvalue weighted by Crippen LogP contribution is 2.35. The molecule has 0 saturated carbocycles. The van der Waals surface area contributed by atoms with Gasteiger partial charge in [0.2, 0.25) is 0 Å². The van der Waals surface area contributed by atoms with Gasteiger partial charge >= 0.3 is 0 Å². The first-order valence-electron chi connectivity index (χ1n) is 5.71. The lowest BCUT2D eigenvalue weighted by Gasteiger charge is -2.35. The molecule has 1 saturated heterocycles. The lowest BCUT2D eigenvalue weighted by molar-refractivity contribution is -0.0310. The highest BCUT2D eigenvalue weighted by atomic mass is 16.5. The fourth-order valence-corrected chi connectivity index (χ4v) is 2.22. The van der Waals surface area contributed by atoms with E-state index in [0.29, 0.717) is 13.2 Å². The lowest BCUT2D eigenvalue weighted by atomic mass is 9.81. The van der Waals surface area contributed by atoms with Crippen LogP contribution in [0.3, 0.4) is 0 Å². The van der Waals surface area contributed by atoms with Crippen molar-refractivity contribution in [2.75, 3.05) is 20.3 Å². The normalized spacial score (nSPS) is 16.9.